The highest BCUT2D eigenvalue weighted by Crippen LogP contribution is 2.36. The minimum absolute atomic E-state index is 0.0463. The maximum Gasteiger partial charge on any atom is 0.412 e. The fourth-order valence-corrected chi connectivity index (χ4v) is 4.58. The molecule has 0 saturated heterocycles. The molecule has 1 amide bonds. The third-order valence-corrected chi connectivity index (χ3v) is 6.37. The largest absolute Gasteiger partial charge is 0.457 e. The van der Waals surface area contributed by atoms with Crippen LogP contribution in [0.15, 0.2) is 30.3 Å². The second kappa shape index (κ2) is 15.4. The van der Waals surface area contributed by atoms with Gasteiger partial charge in [0.1, 0.15) is 27.6 Å². The van der Waals surface area contributed by atoms with Crippen LogP contribution in [0.2, 0.25) is 0 Å². The van der Waals surface area contributed by atoms with Gasteiger partial charge in [-0.2, -0.15) is 0 Å². The number of esters is 2. The van der Waals surface area contributed by atoms with Crippen molar-refractivity contribution in [3.8, 4) is 0 Å². The van der Waals surface area contributed by atoms with Crippen molar-refractivity contribution in [2.45, 2.75) is 85.0 Å². The van der Waals surface area contributed by atoms with Crippen LogP contribution in [0.3, 0.4) is 0 Å². The smallest absolute Gasteiger partial charge is 0.412 e. The van der Waals surface area contributed by atoms with Crippen molar-refractivity contribution >= 4 is 34.4 Å². The summed E-state index contributed by atoms with van der Waals surface area (Å²) >= 11 is 0.937. The van der Waals surface area contributed by atoms with Gasteiger partial charge in [0.05, 0.1) is 13.2 Å². The molecule has 0 bridgehead atoms. The number of carbonyl (C=O) groups excluding carboxylic acids is 3. The molecule has 0 atom stereocenters. The lowest BCUT2D eigenvalue weighted by molar-refractivity contribution is 0.00678. The Balaban J connectivity index is 2.21. The molecule has 0 aliphatic heterocycles. The fraction of sp³-hybridized carbons (Fsp3) is 0.536. The molecule has 9 heteroatoms. The van der Waals surface area contributed by atoms with E-state index in [9.17, 15) is 14.4 Å². The first-order valence-corrected chi connectivity index (χ1v) is 13.5. The van der Waals surface area contributed by atoms with E-state index in [0.29, 0.717) is 5.56 Å². The third kappa shape index (κ3) is 10.5. The topological polar surface area (TPSA) is 100 Å². The van der Waals surface area contributed by atoms with Gasteiger partial charge in [-0.15, -0.1) is 11.3 Å². The molecule has 2 rings (SSSR count). The molecule has 37 heavy (non-hydrogen) atoms. The number of methoxy groups -OCH3 is 1. The summed E-state index contributed by atoms with van der Waals surface area (Å²) in [4.78, 5) is 38.9. The Morgan fingerprint density at radius 2 is 1.57 bits per heavy atom. The Kier molecular flexibility index (Phi) is 12.6. The number of ether oxygens (including phenoxy) is 4. The summed E-state index contributed by atoms with van der Waals surface area (Å²) < 4.78 is 21.7. The molecule has 0 saturated carbocycles. The second-order valence-electron chi connectivity index (χ2n) is 9.64. The van der Waals surface area contributed by atoms with Gasteiger partial charge in [-0.25, -0.2) is 14.4 Å². The summed E-state index contributed by atoms with van der Waals surface area (Å²) in [5.74, 6) is -1.30. The van der Waals surface area contributed by atoms with E-state index in [0.717, 1.165) is 36.2 Å². The average Bonchev–Trinajstić information content (AvgIpc) is 3.19. The van der Waals surface area contributed by atoms with Gasteiger partial charge in [0.25, 0.3) is 0 Å². The van der Waals surface area contributed by atoms with Crippen molar-refractivity contribution in [3.63, 3.8) is 0 Å². The van der Waals surface area contributed by atoms with Crippen LogP contribution in [0.5, 0.6) is 0 Å². The number of unbranched alkanes of at least 4 members (excludes halogenated alkanes) is 5. The minimum atomic E-state index is -0.785. The number of amides is 1. The number of thiophene rings is 1. The van der Waals surface area contributed by atoms with Gasteiger partial charge in [0.15, 0.2) is 0 Å². The zero-order valence-corrected chi connectivity index (χ0v) is 23.3. The first-order valence-electron chi connectivity index (χ1n) is 12.7. The quantitative estimate of drug-likeness (QED) is 0.157. The molecule has 2 aromatic rings. The zero-order chi connectivity index (χ0) is 27.3. The summed E-state index contributed by atoms with van der Waals surface area (Å²) in [6, 6.07) is 9.26. The SMILES string of the molecule is CCCCCCCCOC(=O)Nc1sc(C(=O)OCc2ccccc2)c(COC)c1C(=O)OC(C)(C)C. The van der Waals surface area contributed by atoms with Gasteiger partial charge in [0.2, 0.25) is 0 Å². The lowest BCUT2D eigenvalue weighted by Crippen LogP contribution is -2.25. The Hall–Kier alpha value is -2.91. The van der Waals surface area contributed by atoms with Crippen LogP contribution in [0.25, 0.3) is 0 Å². The number of hydrogen-bond acceptors (Lipinski definition) is 8. The molecule has 0 radical (unpaired) electrons. The number of nitrogens with one attached hydrogen (secondary N) is 1. The highest BCUT2D eigenvalue weighted by Gasteiger charge is 2.32. The van der Waals surface area contributed by atoms with Crippen LogP contribution in [-0.4, -0.2) is 37.3 Å². The summed E-state index contributed by atoms with van der Waals surface area (Å²) in [5, 5.41) is 2.78. The maximum atomic E-state index is 13.1. The fourth-order valence-electron chi connectivity index (χ4n) is 3.51. The van der Waals surface area contributed by atoms with Gasteiger partial charge in [-0.05, 0) is 32.8 Å². The van der Waals surface area contributed by atoms with Crippen LogP contribution in [0.1, 0.15) is 97.4 Å². The van der Waals surface area contributed by atoms with Crippen LogP contribution in [0, 0.1) is 0 Å². The van der Waals surface area contributed by atoms with Gasteiger partial charge in [-0.3, -0.25) is 5.32 Å². The lowest BCUT2D eigenvalue weighted by Gasteiger charge is -2.20. The molecule has 204 valence electrons. The second-order valence-corrected chi connectivity index (χ2v) is 10.7. The average molecular weight is 534 g/mol. The van der Waals surface area contributed by atoms with Crippen molar-refractivity contribution in [1.82, 2.24) is 0 Å². The molecule has 0 unspecified atom stereocenters. The van der Waals surface area contributed by atoms with E-state index in [1.807, 2.05) is 30.3 Å². The van der Waals surface area contributed by atoms with Crippen LogP contribution >= 0.6 is 11.3 Å². The molecular formula is C28H39NO7S. The van der Waals surface area contributed by atoms with Crippen molar-refractivity contribution < 1.29 is 33.3 Å². The molecule has 1 aromatic heterocycles. The maximum absolute atomic E-state index is 13.1. The molecule has 0 fully saturated rings. The summed E-state index contributed by atoms with van der Waals surface area (Å²) in [5.41, 5.74) is 0.396. The number of anilines is 1. The highest BCUT2D eigenvalue weighted by molar-refractivity contribution is 7.18. The number of benzene rings is 1. The lowest BCUT2D eigenvalue weighted by atomic mass is 10.1. The highest BCUT2D eigenvalue weighted by atomic mass is 32.1. The van der Waals surface area contributed by atoms with Gasteiger partial charge < -0.3 is 18.9 Å². The Morgan fingerprint density at radius 1 is 0.892 bits per heavy atom. The molecule has 1 N–H and O–H groups in total. The number of hydrogen-bond donors (Lipinski definition) is 1. The van der Waals surface area contributed by atoms with Gasteiger partial charge in [-0.1, -0.05) is 69.4 Å². The molecular weight excluding hydrogens is 494 g/mol. The van der Waals surface area contributed by atoms with Crippen LogP contribution < -0.4 is 5.32 Å². The first-order chi connectivity index (χ1) is 17.7. The number of rotatable bonds is 14. The van der Waals surface area contributed by atoms with E-state index in [1.165, 1.54) is 26.4 Å². The minimum Gasteiger partial charge on any atom is -0.457 e. The molecule has 0 aliphatic carbocycles. The molecule has 1 heterocycles. The molecule has 0 aliphatic rings. The predicted molar refractivity (Wildman–Crippen MR) is 144 cm³/mol. The van der Waals surface area contributed by atoms with Gasteiger partial charge in [0, 0.05) is 12.7 Å². The summed E-state index contributed by atoms with van der Waals surface area (Å²) in [7, 11) is 1.46. The van der Waals surface area contributed by atoms with E-state index in [2.05, 4.69) is 12.2 Å². The Morgan fingerprint density at radius 3 is 2.22 bits per heavy atom. The Bertz CT molecular complexity index is 1010. The van der Waals surface area contributed by atoms with Crippen molar-refractivity contribution in [2.75, 3.05) is 19.0 Å². The van der Waals surface area contributed by atoms with Crippen LogP contribution in [-0.2, 0) is 32.2 Å². The normalized spacial score (nSPS) is 11.2. The van der Waals surface area contributed by atoms with Crippen molar-refractivity contribution in [1.29, 1.82) is 0 Å². The third-order valence-electron chi connectivity index (χ3n) is 5.24. The van der Waals surface area contributed by atoms with E-state index < -0.39 is 23.6 Å². The van der Waals surface area contributed by atoms with Crippen molar-refractivity contribution in [2.24, 2.45) is 0 Å². The van der Waals surface area contributed by atoms with Crippen LogP contribution in [0.4, 0.5) is 9.80 Å². The van der Waals surface area contributed by atoms with Gasteiger partial charge >= 0.3 is 18.0 Å². The standard InChI is InChI=1S/C28H39NO7S/c1-6-7-8-9-10-14-17-34-27(32)29-24-22(25(30)36-28(2,3)4)21(19-33-5)23(37-24)26(31)35-18-20-15-12-11-13-16-20/h11-13,15-16H,6-10,14,17-19H2,1-5H3,(H,29,32). The summed E-state index contributed by atoms with van der Waals surface area (Å²) in [6.45, 7) is 7.67. The first kappa shape index (κ1) is 30.3. The summed E-state index contributed by atoms with van der Waals surface area (Å²) in [6.07, 6.45) is 5.67. The predicted octanol–water partition coefficient (Wildman–Crippen LogP) is 7.12. The van der Waals surface area contributed by atoms with Crippen molar-refractivity contribution in [3.05, 3.63) is 51.9 Å². The number of carbonyl (C=O) groups is 3. The molecule has 8 nitrogen and oxygen atoms in total. The Labute approximate surface area is 223 Å². The van der Waals surface area contributed by atoms with E-state index in [1.54, 1.807) is 20.8 Å². The zero-order valence-electron chi connectivity index (χ0n) is 22.5. The van der Waals surface area contributed by atoms with E-state index >= 15 is 0 Å². The van der Waals surface area contributed by atoms with E-state index in [-0.39, 0.29) is 35.3 Å². The molecule has 0 spiro atoms. The van der Waals surface area contributed by atoms with E-state index in [4.69, 9.17) is 18.9 Å². The monoisotopic (exact) mass is 533 g/mol. The molecule has 1 aromatic carbocycles.